The normalized spacial score (nSPS) is 11.0. The van der Waals surface area contributed by atoms with Gasteiger partial charge >= 0.3 is 0 Å². The molecule has 3 aromatic rings. The molecular formula is C17H18BrN3OS. The van der Waals surface area contributed by atoms with E-state index in [-0.39, 0.29) is 5.91 Å². The fraction of sp³-hybridized carbons (Fsp3) is 0.294. The van der Waals surface area contributed by atoms with Crippen LogP contribution in [0.15, 0.2) is 40.3 Å². The van der Waals surface area contributed by atoms with Crippen molar-refractivity contribution in [2.45, 2.75) is 26.3 Å². The highest BCUT2D eigenvalue weighted by Gasteiger charge is 2.16. The number of hydrogen-bond acceptors (Lipinski definition) is 3. The maximum absolute atomic E-state index is 12.5. The summed E-state index contributed by atoms with van der Waals surface area (Å²) in [5.41, 5.74) is 2.85. The summed E-state index contributed by atoms with van der Waals surface area (Å²) in [5, 5.41) is 3.00. The van der Waals surface area contributed by atoms with Crippen LogP contribution >= 0.6 is 27.3 Å². The van der Waals surface area contributed by atoms with Gasteiger partial charge in [-0.15, -0.1) is 11.3 Å². The third-order valence-corrected chi connectivity index (χ3v) is 5.21. The number of thiophene rings is 1. The number of amides is 1. The number of halogens is 1. The number of rotatable bonds is 6. The minimum atomic E-state index is -0.0195. The maximum Gasteiger partial charge on any atom is 0.267 e. The molecule has 3 aromatic heterocycles. The average Bonchev–Trinajstić information content (AvgIpc) is 3.06. The second-order valence-corrected chi connectivity index (χ2v) is 7.77. The molecule has 0 radical (unpaired) electrons. The highest BCUT2D eigenvalue weighted by Crippen LogP contribution is 2.32. The number of nitrogens with one attached hydrogen (secondary N) is 1. The fourth-order valence-electron chi connectivity index (χ4n) is 2.60. The van der Waals surface area contributed by atoms with Gasteiger partial charge in [0, 0.05) is 31.4 Å². The zero-order valence-electron chi connectivity index (χ0n) is 12.9. The van der Waals surface area contributed by atoms with Gasteiger partial charge in [0.25, 0.3) is 5.91 Å². The monoisotopic (exact) mass is 391 g/mol. The van der Waals surface area contributed by atoms with Crippen molar-refractivity contribution in [3.8, 4) is 0 Å². The average molecular weight is 392 g/mol. The van der Waals surface area contributed by atoms with Crippen LogP contribution in [0.5, 0.6) is 0 Å². The highest BCUT2D eigenvalue weighted by molar-refractivity contribution is 9.11. The van der Waals surface area contributed by atoms with E-state index >= 15 is 0 Å². The second-order valence-electron chi connectivity index (χ2n) is 5.31. The smallest absolute Gasteiger partial charge is 0.267 e. The van der Waals surface area contributed by atoms with Crippen LogP contribution in [-0.4, -0.2) is 22.0 Å². The molecular weight excluding hydrogens is 374 g/mol. The molecule has 0 saturated heterocycles. The first-order chi connectivity index (χ1) is 11.2. The quantitative estimate of drug-likeness (QED) is 0.682. The maximum atomic E-state index is 12.5. The van der Waals surface area contributed by atoms with Crippen molar-refractivity contribution in [1.29, 1.82) is 0 Å². The SMILES string of the molecule is CCCn1c(C(=O)NCCc2ccccn2)cc2sc(Br)cc21. The highest BCUT2D eigenvalue weighted by atomic mass is 79.9. The van der Waals surface area contributed by atoms with Gasteiger partial charge in [-0.2, -0.15) is 0 Å². The number of carbonyl (C=O) groups is 1. The number of hydrogen-bond donors (Lipinski definition) is 1. The van der Waals surface area contributed by atoms with E-state index < -0.39 is 0 Å². The Morgan fingerprint density at radius 2 is 2.26 bits per heavy atom. The molecule has 0 bridgehead atoms. The van der Waals surface area contributed by atoms with Crippen molar-refractivity contribution in [2.24, 2.45) is 0 Å². The number of aryl methyl sites for hydroxylation is 1. The van der Waals surface area contributed by atoms with Crippen molar-refractivity contribution < 1.29 is 4.79 Å². The predicted molar refractivity (Wildman–Crippen MR) is 98.1 cm³/mol. The Morgan fingerprint density at radius 3 is 3.00 bits per heavy atom. The Hall–Kier alpha value is -1.66. The van der Waals surface area contributed by atoms with Crippen LogP contribution in [0.25, 0.3) is 10.2 Å². The lowest BCUT2D eigenvalue weighted by atomic mass is 10.2. The Morgan fingerprint density at radius 1 is 1.39 bits per heavy atom. The van der Waals surface area contributed by atoms with Gasteiger partial charge in [-0.05, 0) is 46.6 Å². The number of carbonyl (C=O) groups excluding carboxylic acids is 1. The van der Waals surface area contributed by atoms with E-state index in [4.69, 9.17) is 0 Å². The first-order valence-corrected chi connectivity index (χ1v) is 9.26. The number of aromatic nitrogens is 2. The molecule has 0 aliphatic rings. The molecule has 0 saturated carbocycles. The molecule has 0 fully saturated rings. The lowest BCUT2D eigenvalue weighted by molar-refractivity contribution is 0.0945. The van der Waals surface area contributed by atoms with E-state index in [9.17, 15) is 4.79 Å². The van der Waals surface area contributed by atoms with Gasteiger partial charge in [0.1, 0.15) is 5.69 Å². The molecule has 120 valence electrons. The molecule has 0 aliphatic heterocycles. The summed E-state index contributed by atoms with van der Waals surface area (Å²) in [5.74, 6) is -0.0195. The minimum absolute atomic E-state index is 0.0195. The van der Waals surface area contributed by atoms with Crippen molar-refractivity contribution >= 4 is 43.4 Å². The predicted octanol–water partition coefficient (Wildman–Crippen LogP) is 4.24. The summed E-state index contributed by atoms with van der Waals surface area (Å²) in [7, 11) is 0. The van der Waals surface area contributed by atoms with Gasteiger partial charge in [0.2, 0.25) is 0 Å². The van der Waals surface area contributed by atoms with Crippen molar-refractivity contribution in [3.63, 3.8) is 0 Å². The summed E-state index contributed by atoms with van der Waals surface area (Å²) in [6.07, 6.45) is 3.50. The molecule has 1 amide bonds. The standard InChI is InChI=1S/C17H18BrN3OS/c1-2-9-21-13-11-16(18)23-15(13)10-14(21)17(22)20-8-6-12-5-3-4-7-19-12/h3-5,7,10-11H,2,6,8-9H2,1H3,(H,20,22). The summed E-state index contributed by atoms with van der Waals surface area (Å²) >= 11 is 5.17. The zero-order chi connectivity index (χ0) is 16.2. The first kappa shape index (κ1) is 16.2. The van der Waals surface area contributed by atoms with Crippen molar-refractivity contribution in [3.05, 3.63) is 51.7 Å². The minimum Gasteiger partial charge on any atom is -0.350 e. The molecule has 6 heteroatoms. The zero-order valence-corrected chi connectivity index (χ0v) is 15.3. The van der Waals surface area contributed by atoms with E-state index in [0.717, 1.165) is 44.8 Å². The molecule has 3 heterocycles. The Bertz CT molecular complexity index is 810. The molecule has 0 atom stereocenters. The molecule has 0 aliphatic carbocycles. The lowest BCUT2D eigenvalue weighted by Gasteiger charge is -2.09. The van der Waals surface area contributed by atoms with E-state index in [1.54, 1.807) is 17.5 Å². The van der Waals surface area contributed by atoms with Crippen LogP contribution < -0.4 is 5.32 Å². The van der Waals surface area contributed by atoms with Crippen LogP contribution in [0.1, 0.15) is 29.5 Å². The van der Waals surface area contributed by atoms with Crippen LogP contribution in [0.3, 0.4) is 0 Å². The molecule has 0 aromatic carbocycles. The number of pyridine rings is 1. The summed E-state index contributed by atoms with van der Waals surface area (Å²) in [6, 6.07) is 9.89. The van der Waals surface area contributed by atoms with E-state index in [1.807, 2.05) is 24.3 Å². The van der Waals surface area contributed by atoms with Gasteiger partial charge in [0.05, 0.1) is 14.0 Å². The Kier molecular flexibility index (Phi) is 5.13. The van der Waals surface area contributed by atoms with Gasteiger partial charge in [0.15, 0.2) is 0 Å². The van der Waals surface area contributed by atoms with Crippen LogP contribution in [0, 0.1) is 0 Å². The van der Waals surface area contributed by atoms with Crippen molar-refractivity contribution in [2.75, 3.05) is 6.54 Å². The van der Waals surface area contributed by atoms with Gasteiger partial charge in [-0.1, -0.05) is 13.0 Å². The molecule has 0 unspecified atom stereocenters. The van der Waals surface area contributed by atoms with Crippen molar-refractivity contribution in [1.82, 2.24) is 14.9 Å². The largest absolute Gasteiger partial charge is 0.350 e. The van der Waals surface area contributed by atoms with Crippen LogP contribution in [-0.2, 0) is 13.0 Å². The summed E-state index contributed by atoms with van der Waals surface area (Å²) in [4.78, 5) is 16.8. The van der Waals surface area contributed by atoms with Crippen LogP contribution in [0.4, 0.5) is 0 Å². The molecule has 0 spiro atoms. The Labute approximate surface area is 147 Å². The topological polar surface area (TPSA) is 46.9 Å². The summed E-state index contributed by atoms with van der Waals surface area (Å²) < 4.78 is 4.34. The number of fused-ring (bicyclic) bond motifs is 1. The van der Waals surface area contributed by atoms with Gasteiger partial charge < -0.3 is 9.88 Å². The first-order valence-electron chi connectivity index (χ1n) is 7.65. The second kappa shape index (κ2) is 7.27. The Balaban J connectivity index is 1.72. The molecule has 3 rings (SSSR count). The molecule has 23 heavy (non-hydrogen) atoms. The lowest BCUT2D eigenvalue weighted by Crippen LogP contribution is -2.28. The van der Waals surface area contributed by atoms with E-state index in [1.165, 1.54) is 0 Å². The van der Waals surface area contributed by atoms with E-state index in [2.05, 4.69) is 43.8 Å². The summed E-state index contributed by atoms with van der Waals surface area (Å²) in [6.45, 7) is 3.55. The fourth-order valence-corrected chi connectivity index (χ4v) is 4.17. The molecule has 1 N–H and O–H groups in total. The van der Waals surface area contributed by atoms with Gasteiger partial charge in [-0.3, -0.25) is 9.78 Å². The van der Waals surface area contributed by atoms with Crippen LogP contribution in [0.2, 0.25) is 0 Å². The third-order valence-electron chi connectivity index (χ3n) is 3.63. The number of nitrogens with zero attached hydrogens (tertiary/aromatic N) is 2. The molecule has 4 nitrogen and oxygen atoms in total. The van der Waals surface area contributed by atoms with Gasteiger partial charge in [-0.25, -0.2) is 0 Å². The third kappa shape index (κ3) is 3.64. The van der Waals surface area contributed by atoms with E-state index in [0.29, 0.717) is 6.54 Å².